The molecule has 0 bridgehead atoms. The second-order valence-electron chi connectivity index (χ2n) is 0. The van der Waals surface area contributed by atoms with Gasteiger partial charge in [-0.1, -0.05) is 0 Å². The van der Waals surface area contributed by atoms with E-state index in [-0.39, 0.29) is 67.1 Å². The first-order chi connectivity index (χ1) is 0. The second kappa shape index (κ2) is 19.8. The molecule has 0 aromatic carbocycles. The average Bonchev–Trinajstić information content (AvgIpc) is 0. The fraction of sp³-hybridized carbons (Fsp3) is 0. The van der Waals surface area contributed by atoms with Crippen LogP contribution < -0.4 is 0 Å². The molecule has 0 nitrogen and oxygen atoms in total. The molecule has 0 unspecified atom stereocenters. The van der Waals surface area contributed by atoms with E-state index in [2.05, 4.69) is 0 Å². The first-order valence-electron chi connectivity index (χ1n) is 0. The maximum Gasteiger partial charge on any atom is 0 e. The maximum absolute atomic E-state index is 0. The van der Waals surface area contributed by atoms with Gasteiger partial charge >= 0.3 is 0 Å². The summed E-state index contributed by atoms with van der Waals surface area (Å²) in [6.45, 7) is 0. The Morgan fingerprint density at radius 3 is 0.750 bits per heavy atom. The van der Waals surface area contributed by atoms with E-state index in [0.29, 0.717) is 0 Å². The van der Waals surface area contributed by atoms with Gasteiger partial charge in [0.25, 0.3) is 0 Å². The fourth-order valence-corrected chi connectivity index (χ4v) is 0. The van der Waals surface area contributed by atoms with Crippen LogP contribution in [0.1, 0.15) is 0 Å². The maximum atomic E-state index is 0. The molecule has 0 atom stereocenters. The third-order valence-electron chi connectivity index (χ3n) is 0. The van der Waals surface area contributed by atoms with Gasteiger partial charge in [-0.25, -0.2) is 0 Å². The molecule has 0 aromatic rings. The Labute approximate surface area is 66.7 Å². The summed E-state index contributed by atoms with van der Waals surface area (Å²) in [7, 11) is 0. The van der Waals surface area contributed by atoms with Crippen molar-refractivity contribution in [1.82, 2.24) is 0 Å². The van der Waals surface area contributed by atoms with E-state index in [1.165, 1.54) is 0 Å². The van der Waals surface area contributed by atoms with Crippen molar-refractivity contribution in [1.29, 1.82) is 0 Å². The van der Waals surface area contributed by atoms with Crippen LogP contribution in [-0.4, -0.2) is 0 Å². The Morgan fingerprint density at radius 2 is 0.750 bits per heavy atom. The molecule has 0 saturated heterocycles. The molecule has 0 amide bonds. The third-order valence-corrected chi connectivity index (χ3v) is 0. The minimum atomic E-state index is 0. The van der Waals surface area contributed by atoms with Crippen LogP contribution in [0.25, 0.3) is 0 Å². The van der Waals surface area contributed by atoms with Crippen molar-refractivity contribution in [2.75, 3.05) is 0 Å². The molecular weight excluding hydrogens is 240 g/mol. The first-order valence-corrected chi connectivity index (χ1v) is 0. The molecule has 4 heteroatoms. The van der Waals surface area contributed by atoms with E-state index >= 15 is 0 Å². The Bertz CT molecular complexity index is 6.00. The molecule has 39 valence electrons. The summed E-state index contributed by atoms with van der Waals surface area (Å²) in [5.41, 5.74) is 0. The van der Waals surface area contributed by atoms with Crippen molar-refractivity contribution in [3.8, 4) is 0 Å². The molecule has 0 rings (SSSR count). The molecule has 3 radical (unpaired) electrons. The topological polar surface area (TPSA) is 0 Å². The molecule has 0 aliphatic rings. The molecular formula is Co2CuNi. The molecule has 0 aliphatic heterocycles. The summed E-state index contributed by atoms with van der Waals surface area (Å²) in [6.07, 6.45) is 0. The summed E-state index contributed by atoms with van der Waals surface area (Å²) in [5, 5.41) is 0. The molecule has 0 spiro atoms. The summed E-state index contributed by atoms with van der Waals surface area (Å²) in [4.78, 5) is 0. The molecule has 4 heavy (non-hydrogen) atoms. The monoisotopic (exact) mass is 239 g/mol. The zero-order chi connectivity index (χ0) is 0. The van der Waals surface area contributed by atoms with Crippen molar-refractivity contribution in [2.24, 2.45) is 0 Å². The molecule has 0 aromatic heterocycles. The SMILES string of the molecule is [Co].[Co].[Cu].[Ni]. The van der Waals surface area contributed by atoms with Crippen molar-refractivity contribution in [3.05, 3.63) is 0 Å². The molecule has 0 fully saturated rings. The van der Waals surface area contributed by atoms with E-state index in [1.807, 2.05) is 0 Å². The van der Waals surface area contributed by atoms with E-state index in [9.17, 15) is 0 Å². The van der Waals surface area contributed by atoms with Gasteiger partial charge in [-0.05, 0) is 0 Å². The van der Waals surface area contributed by atoms with E-state index in [4.69, 9.17) is 0 Å². The largest absolute Gasteiger partial charge is 0 e. The van der Waals surface area contributed by atoms with Crippen molar-refractivity contribution < 1.29 is 67.1 Å². The molecule has 0 aliphatic carbocycles. The van der Waals surface area contributed by atoms with Crippen molar-refractivity contribution in [3.63, 3.8) is 0 Å². The van der Waals surface area contributed by atoms with Gasteiger partial charge < -0.3 is 0 Å². The van der Waals surface area contributed by atoms with Gasteiger partial charge in [0.1, 0.15) is 0 Å². The smallest absolute Gasteiger partial charge is 0 e. The Balaban J connectivity index is 0. The van der Waals surface area contributed by atoms with Crippen LogP contribution in [0.2, 0.25) is 0 Å². The average molecular weight is 240 g/mol. The number of hydrogen-bond donors (Lipinski definition) is 0. The summed E-state index contributed by atoms with van der Waals surface area (Å²) < 4.78 is 0. The van der Waals surface area contributed by atoms with Crippen LogP contribution >= 0.6 is 0 Å². The van der Waals surface area contributed by atoms with Crippen LogP contribution in [0.4, 0.5) is 0 Å². The normalized spacial score (nSPS) is 0. The molecule has 0 N–H and O–H groups in total. The predicted octanol–water partition coefficient (Wildman–Crippen LogP) is -0.0100. The number of hydrogen-bond acceptors (Lipinski definition) is 0. The van der Waals surface area contributed by atoms with Gasteiger partial charge in [0.2, 0.25) is 0 Å². The van der Waals surface area contributed by atoms with Crippen LogP contribution in [0, 0.1) is 0 Å². The number of rotatable bonds is 0. The molecule has 0 saturated carbocycles. The summed E-state index contributed by atoms with van der Waals surface area (Å²) >= 11 is 0. The zero-order valence-corrected chi connectivity index (χ0v) is 5.30. The fourth-order valence-electron chi connectivity index (χ4n) is 0. The summed E-state index contributed by atoms with van der Waals surface area (Å²) in [6, 6.07) is 0. The van der Waals surface area contributed by atoms with E-state index in [0.717, 1.165) is 0 Å². The van der Waals surface area contributed by atoms with Crippen LogP contribution in [-0.2, 0) is 67.1 Å². The Hall–Kier alpha value is 2.03. The van der Waals surface area contributed by atoms with Gasteiger partial charge in [0.15, 0.2) is 0 Å². The minimum Gasteiger partial charge on any atom is 0 e. The minimum absolute atomic E-state index is 0. The first kappa shape index (κ1) is 37.1. The second-order valence-corrected chi connectivity index (χ2v) is 0. The van der Waals surface area contributed by atoms with Crippen molar-refractivity contribution >= 4 is 0 Å². The van der Waals surface area contributed by atoms with Crippen LogP contribution in [0.3, 0.4) is 0 Å². The standard InChI is InChI=1S/2Co.Cu.Ni. The Kier molecular flexibility index (Phi) is 184. The van der Waals surface area contributed by atoms with E-state index in [1.54, 1.807) is 0 Å². The van der Waals surface area contributed by atoms with Gasteiger partial charge in [0.05, 0.1) is 0 Å². The predicted molar refractivity (Wildman–Crippen MR) is 0 cm³/mol. The Morgan fingerprint density at radius 1 is 0.750 bits per heavy atom. The van der Waals surface area contributed by atoms with Crippen LogP contribution in [0.15, 0.2) is 0 Å². The van der Waals surface area contributed by atoms with Gasteiger partial charge in [-0.15, -0.1) is 0 Å². The van der Waals surface area contributed by atoms with Gasteiger partial charge in [-0.2, -0.15) is 0 Å². The third kappa shape index (κ3) is 8.98. The van der Waals surface area contributed by atoms with E-state index < -0.39 is 0 Å². The quantitative estimate of drug-likeness (QED) is 0.522. The van der Waals surface area contributed by atoms with Gasteiger partial charge in [-0.3, -0.25) is 0 Å². The van der Waals surface area contributed by atoms with Gasteiger partial charge in [0, 0.05) is 67.1 Å². The summed E-state index contributed by atoms with van der Waals surface area (Å²) in [5.74, 6) is 0. The zero-order valence-electron chi connectivity index (χ0n) is 1.28. The van der Waals surface area contributed by atoms with Crippen molar-refractivity contribution in [2.45, 2.75) is 0 Å². The van der Waals surface area contributed by atoms with Crippen LogP contribution in [0.5, 0.6) is 0 Å². The molecule has 0 heterocycles.